The van der Waals surface area contributed by atoms with E-state index < -0.39 is 0 Å². The molecule has 4 aromatic carbocycles. The first kappa shape index (κ1) is 17.5. The molecule has 1 N–H and O–H groups in total. The van der Waals surface area contributed by atoms with Gasteiger partial charge in [-0.05, 0) is 36.4 Å². The topological polar surface area (TPSA) is 47.9 Å². The zero-order valence-electron chi connectivity index (χ0n) is 15.0. The molecule has 138 valence electrons. The molecular weight excluding hydrogens is 352 g/mol. The van der Waals surface area contributed by atoms with Crippen molar-refractivity contribution in [1.82, 2.24) is 0 Å². The molecular formula is C24H18O4. The lowest BCUT2D eigenvalue weighted by Gasteiger charge is -2.15. The number of aromatic hydroxyl groups is 1. The minimum absolute atomic E-state index is 0.104. The minimum atomic E-state index is -0.104. The maximum Gasteiger partial charge on any atom is 0.202 e. The highest BCUT2D eigenvalue weighted by atomic mass is 16.5. The van der Waals surface area contributed by atoms with Crippen LogP contribution in [0.15, 0.2) is 103 Å². The number of ether oxygens (including phenoxy) is 3. The largest absolute Gasteiger partial charge is 0.502 e. The van der Waals surface area contributed by atoms with Crippen LogP contribution in [-0.2, 0) is 0 Å². The van der Waals surface area contributed by atoms with Crippen molar-refractivity contribution < 1.29 is 19.3 Å². The van der Waals surface area contributed by atoms with E-state index in [1.165, 1.54) is 0 Å². The second-order valence-electron chi connectivity index (χ2n) is 6.01. The summed E-state index contributed by atoms with van der Waals surface area (Å²) in [5.41, 5.74) is 0. The smallest absolute Gasteiger partial charge is 0.202 e. The molecule has 0 unspecified atom stereocenters. The summed E-state index contributed by atoms with van der Waals surface area (Å²) < 4.78 is 17.6. The maximum atomic E-state index is 10.7. The molecule has 28 heavy (non-hydrogen) atoms. The van der Waals surface area contributed by atoms with Crippen LogP contribution < -0.4 is 14.2 Å². The Hall–Kier alpha value is -3.92. The molecule has 0 atom stereocenters. The van der Waals surface area contributed by atoms with Crippen molar-refractivity contribution in [2.45, 2.75) is 0 Å². The summed E-state index contributed by atoms with van der Waals surface area (Å²) in [6.07, 6.45) is 0. The Morgan fingerprint density at radius 3 is 1.18 bits per heavy atom. The van der Waals surface area contributed by atoms with Crippen LogP contribution in [-0.4, -0.2) is 5.11 Å². The number of benzene rings is 4. The van der Waals surface area contributed by atoms with E-state index in [9.17, 15) is 5.11 Å². The fourth-order valence-electron chi connectivity index (χ4n) is 2.63. The molecule has 0 spiro atoms. The standard InChI is InChI=1S/C24H18O4/c25-24-22(27-19-12-6-2-7-13-19)16-21(26-18-10-4-1-5-11-18)17-23(24)28-20-14-8-3-9-15-20/h1-17,25H. The lowest BCUT2D eigenvalue weighted by molar-refractivity contribution is 0.372. The van der Waals surface area contributed by atoms with Crippen LogP contribution in [0.2, 0.25) is 0 Å². The number of hydrogen-bond donors (Lipinski definition) is 1. The van der Waals surface area contributed by atoms with Crippen molar-refractivity contribution >= 4 is 0 Å². The van der Waals surface area contributed by atoms with Crippen molar-refractivity contribution in [3.63, 3.8) is 0 Å². The highest BCUT2D eigenvalue weighted by Gasteiger charge is 2.16. The zero-order valence-corrected chi connectivity index (χ0v) is 15.0. The minimum Gasteiger partial charge on any atom is -0.502 e. The van der Waals surface area contributed by atoms with Crippen LogP contribution in [0.25, 0.3) is 0 Å². The van der Waals surface area contributed by atoms with E-state index in [1.54, 1.807) is 12.1 Å². The Kier molecular flexibility index (Phi) is 5.11. The van der Waals surface area contributed by atoms with Crippen LogP contribution in [0.5, 0.6) is 40.2 Å². The first-order chi connectivity index (χ1) is 13.8. The summed E-state index contributed by atoms with van der Waals surface area (Å²) in [6, 6.07) is 31.1. The van der Waals surface area contributed by atoms with Crippen molar-refractivity contribution in [2.75, 3.05) is 0 Å². The van der Waals surface area contributed by atoms with E-state index in [0.29, 0.717) is 23.0 Å². The summed E-state index contributed by atoms with van der Waals surface area (Å²) in [5.74, 6) is 2.73. The normalized spacial score (nSPS) is 10.3. The molecule has 0 aliphatic heterocycles. The van der Waals surface area contributed by atoms with E-state index >= 15 is 0 Å². The summed E-state index contributed by atoms with van der Waals surface area (Å²) in [5, 5.41) is 10.7. The van der Waals surface area contributed by atoms with E-state index in [-0.39, 0.29) is 17.2 Å². The van der Waals surface area contributed by atoms with Gasteiger partial charge in [-0.1, -0.05) is 54.6 Å². The van der Waals surface area contributed by atoms with Gasteiger partial charge in [0, 0.05) is 12.1 Å². The average Bonchev–Trinajstić information content (AvgIpc) is 2.74. The Morgan fingerprint density at radius 1 is 0.429 bits per heavy atom. The molecule has 0 aliphatic carbocycles. The van der Waals surface area contributed by atoms with Crippen LogP contribution in [0.4, 0.5) is 0 Å². The molecule has 0 aromatic heterocycles. The molecule has 0 saturated carbocycles. The van der Waals surface area contributed by atoms with Crippen molar-refractivity contribution in [3.05, 3.63) is 103 Å². The van der Waals surface area contributed by atoms with Gasteiger partial charge in [0.1, 0.15) is 23.0 Å². The molecule has 0 radical (unpaired) electrons. The highest BCUT2D eigenvalue weighted by Crippen LogP contribution is 2.44. The Labute approximate surface area is 163 Å². The van der Waals surface area contributed by atoms with E-state index in [2.05, 4.69) is 0 Å². The predicted molar refractivity (Wildman–Crippen MR) is 108 cm³/mol. The second-order valence-corrected chi connectivity index (χ2v) is 6.01. The number of rotatable bonds is 6. The molecule has 4 nitrogen and oxygen atoms in total. The van der Waals surface area contributed by atoms with E-state index in [1.807, 2.05) is 91.0 Å². The average molecular weight is 370 g/mol. The Balaban J connectivity index is 1.71. The Bertz CT molecular complexity index is 969. The summed E-state index contributed by atoms with van der Waals surface area (Å²) in [7, 11) is 0. The van der Waals surface area contributed by atoms with Gasteiger partial charge in [0.2, 0.25) is 5.75 Å². The molecule has 4 rings (SSSR count). The maximum absolute atomic E-state index is 10.7. The Morgan fingerprint density at radius 2 is 0.786 bits per heavy atom. The number of hydrogen-bond acceptors (Lipinski definition) is 4. The van der Waals surface area contributed by atoms with E-state index in [0.717, 1.165) is 0 Å². The first-order valence-corrected chi connectivity index (χ1v) is 8.84. The van der Waals surface area contributed by atoms with Gasteiger partial charge in [-0.2, -0.15) is 0 Å². The summed E-state index contributed by atoms with van der Waals surface area (Å²) >= 11 is 0. The quantitative estimate of drug-likeness (QED) is 0.407. The van der Waals surface area contributed by atoms with Crippen LogP contribution in [0.1, 0.15) is 0 Å². The third-order valence-corrected chi connectivity index (χ3v) is 3.93. The van der Waals surface area contributed by atoms with Gasteiger partial charge >= 0.3 is 0 Å². The van der Waals surface area contributed by atoms with Gasteiger partial charge in [0.15, 0.2) is 11.5 Å². The highest BCUT2D eigenvalue weighted by molar-refractivity contribution is 5.57. The molecule has 0 aliphatic rings. The monoisotopic (exact) mass is 370 g/mol. The molecule has 4 heteroatoms. The first-order valence-electron chi connectivity index (χ1n) is 8.84. The third-order valence-electron chi connectivity index (χ3n) is 3.93. The van der Waals surface area contributed by atoms with Crippen LogP contribution in [0.3, 0.4) is 0 Å². The summed E-state index contributed by atoms with van der Waals surface area (Å²) in [4.78, 5) is 0. The molecule has 0 saturated heterocycles. The molecule has 0 bridgehead atoms. The zero-order chi connectivity index (χ0) is 19.2. The lowest BCUT2D eigenvalue weighted by Crippen LogP contribution is -1.92. The van der Waals surface area contributed by atoms with Crippen LogP contribution in [0, 0.1) is 0 Å². The molecule has 4 aromatic rings. The third kappa shape index (κ3) is 4.24. The number of para-hydroxylation sites is 3. The van der Waals surface area contributed by atoms with Crippen molar-refractivity contribution in [3.8, 4) is 40.2 Å². The van der Waals surface area contributed by atoms with Crippen molar-refractivity contribution in [1.29, 1.82) is 0 Å². The second kappa shape index (κ2) is 8.18. The molecule has 0 fully saturated rings. The van der Waals surface area contributed by atoms with Crippen LogP contribution >= 0.6 is 0 Å². The fourth-order valence-corrected chi connectivity index (χ4v) is 2.63. The summed E-state index contributed by atoms with van der Waals surface area (Å²) in [6.45, 7) is 0. The number of phenolic OH excluding ortho intramolecular Hbond substituents is 1. The van der Waals surface area contributed by atoms with Gasteiger partial charge in [-0.3, -0.25) is 0 Å². The van der Waals surface area contributed by atoms with Gasteiger partial charge in [-0.15, -0.1) is 0 Å². The molecule has 0 amide bonds. The SMILES string of the molecule is Oc1c(Oc2ccccc2)cc(Oc2ccccc2)cc1Oc1ccccc1. The van der Waals surface area contributed by atoms with Gasteiger partial charge in [-0.25, -0.2) is 0 Å². The van der Waals surface area contributed by atoms with Gasteiger partial charge < -0.3 is 19.3 Å². The lowest BCUT2D eigenvalue weighted by atomic mass is 10.2. The fraction of sp³-hybridized carbons (Fsp3) is 0. The number of phenols is 1. The van der Waals surface area contributed by atoms with E-state index in [4.69, 9.17) is 14.2 Å². The van der Waals surface area contributed by atoms with Gasteiger partial charge in [0.25, 0.3) is 0 Å². The predicted octanol–water partition coefficient (Wildman–Crippen LogP) is 6.77. The molecule has 0 heterocycles. The van der Waals surface area contributed by atoms with Crippen molar-refractivity contribution in [2.24, 2.45) is 0 Å². The van der Waals surface area contributed by atoms with Gasteiger partial charge in [0.05, 0.1) is 0 Å².